The minimum absolute atomic E-state index is 0.198. The van der Waals surface area contributed by atoms with Crippen molar-refractivity contribution in [1.29, 1.82) is 0 Å². The highest BCUT2D eigenvalue weighted by atomic mass is 16.6. The van der Waals surface area contributed by atoms with Crippen LogP contribution in [-0.2, 0) is 0 Å². The van der Waals surface area contributed by atoms with Crippen molar-refractivity contribution in [3.05, 3.63) is 101 Å². The lowest BCUT2D eigenvalue weighted by Gasteiger charge is -2.13. The van der Waals surface area contributed by atoms with Crippen molar-refractivity contribution in [2.24, 2.45) is 5.73 Å². The molecule has 0 aliphatic carbocycles. The van der Waals surface area contributed by atoms with E-state index in [-0.39, 0.29) is 30.3 Å². The van der Waals surface area contributed by atoms with Crippen molar-refractivity contribution in [2.45, 2.75) is 0 Å². The maximum absolute atomic E-state index is 12.7. The normalized spacial score (nSPS) is 10.8. The highest BCUT2D eigenvalue weighted by molar-refractivity contribution is 6.11. The molecule has 0 unspecified atom stereocenters. The predicted molar refractivity (Wildman–Crippen MR) is 147 cm³/mol. The third kappa shape index (κ3) is 5.30. The number of pyridine rings is 2. The van der Waals surface area contributed by atoms with Crippen molar-refractivity contribution in [2.75, 3.05) is 23.7 Å². The zero-order valence-electron chi connectivity index (χ0n) is 20.2. The van der Waals surface area contributed by atoms with Crippen molar-refractivity contribution in [3.63, 3.8) is 0 Å². The molecule has 0 radical (unpaired) electrons. The second kappa shape index (κ2) is 10.8. The van der Waals surface area contributed by atoms with Crippen LogP contribution in [0.4, 0.5) is 21.9 Å². The number of aromatic amines is 1. The van der Waals surface area contributed by atoms with Gasteiger partial charge in [-0.15, -0.1) is 0 Å². The van der Waals surface area contributed by atoms with Crippen molar-refractivity contribution in [3.8, 4) is 5.75 Å². The Kier molecular flexibility index (Phi) is 6.96. The summed E-state index contributed by atoms with van der Waals surface area (Å²) in [4.78, 5) is 44.3. The summed E-state index contributed by atoms with van der Waals surface area (Å²) in [5.41, 5.74) is 8.14. The number of nitrogens with zero attached hydrogens (tertiary/aromatic N) is 1. The Morgan fingerprint density at radius 2 is 1.68 bits per heavy atom. The number of anilines is 3. The molecule has 2 amide bonds. The molecule has 0 aliphatic rings. The smallest absolute Gasteiger partial charge is 0.410 e. The van der Waals surface area contributed by atoms with Crippen LogP contribution in [0.2, 0.25) is 0 Å². The number of H-pyrrole nitrogens is 1. The molecule has 0 spiro atoms. The fraction of sp³-hybridized carbons (Fsp3) is 0.0714. The summed E-state index contributed by atoms with van der Waals surface area (Å²) in [5.74, 6) is 0.0730. The number of fused-ring (bicyclic) bond motifs is 3. The van der Waals surface area contributed by atoms with Crippen LogP contribution in [0.5, 0.6) is 5.75 Å². The number of ether oxygens (including phenoxy) is 1. The number of carbonyl (C=O) groups excluding carboxylic acids is 2. The average molecular weight is 509 g/mol. The molecule has 190 valence electrons. The fourth-order valence-electron chi connectivity index (χ4n) is 4.00. The largest absolute Gasteiger partial charge is 0.412 e. The van der Waals surface area contributed by atoms with Gasteiger partial charge in [0.25, 0.3) is 11.5 Å². The average Bonchev–Trinajstić information content (AvgIpc) is 2.93. The summed E-state index contributed by atoms with van der Waals surface area (Å²) in [6.07, 6.45) is 0.946. The van der Waals surface area contributed by atoms with Gasteiger partial charge in [0.2, 0.25) is 0 Å². The van der Waals surface area contributed by atoms with Gasteiger partial charge in [-0.05, 0) is 60.7 Å². The molecule has 6 N–H and O–H groups in total. The van der Waals surface area contributed by atoms with Crippen molar-refractivity contribution in [1.82, 2.24) is 15.3 Å². The molecule has 3 aromatic carbocycles. The minimum Gasteiger partial charge on any atom is -0.410 e. The van der Waals surface area contributed by atoms with Crippen molar-refractivity contribution >= 4 is 50.9 Å². The number of nitrogens with two attached hydrogens (primary N) is 1. The predicted octanol–water partition coefficient (Wildman–Crippen LogP) is 4.12. The van der Waals surface area contributed by atoms with Gasteiger partial charge < -0.3 is 31.4 Å². The summed E-state index contributed by atoms with van der Waals surface area (Å²) >= 11 is 0. The van der Waals surface area contributed by atoms with Gasteiger partial charge in [-0.2, -0.15) is 0 Å². The second-order valence-corrected chi connectivity index (χ2v) is 8.37. The van der Waals surface area contributed by atoms with Gasteiger partial charge in [-0.3, -0.25) is 9.59 Å². The molecular formula is C28H24N6O4. The molecule has 0 saturated carbocycles. The highest BCUT2D eigenvalue weighted by Crippen LogP contribution is 2.32. The third-order valence-electron chi connectivity index (χ3n) is 5.77. The molecular weight excluding hydrogens is 484 g/mol. The molecule has 0 aliphatic heterocycles. The van der Waals surface area contributed by atoms with E-state index < -0.39 is 6.09 Å². The highest BCUT2D eigenvalue weighted by Gasteiger charge is 2.13. The van der Waals surface area contributed by atoms with E-state index in [4.69, 9.17) is 10.5 Å². The number of aromatic nitrogens is 2. The molecule has 2 aromatic heterocycles. The Morgan fingerprint density at radius 3 is 2.45 bits per heavy atom. The second-order valence-electron chi connectivity index (χ2n) is 8.37. The van der Waals surface area contributed by atoms with E-state index in [0.29, 0.717) is 38.7 Å². The van der Waals surface area contributed by atoms with E-state index in [9.17, 15) is 14.4 Å². The number of hydrogen-bond acceptors (Lipinski definition) is 7. The Morgan fingerprint density at radius 1 is 0.921 bits per heavy atom. The molecule has 0 atom stereocenters. The Bertz CT molecular complexity index is 1680. The van der Waals surface area contributed by atoms with Crippen LogP contribution < -0.4 is 32.0 Å². The molecule has 5 aromatic rings. The number of hydrogen-bond donors (Lipinski definition) is 5. The van der Waals surface area contributed by atoms with Crippen LogP contribution in [0.25, 0.3) is 21.8 Å². The molecule has 5 rings (SSSR count). The molecule has 0 fully saturated rings. The zero-order chi connectivity index (χ0) is 26.5. The number of amides is 2. The van der Waals surface area contributed by atoms with Crippen LogP contribution in [0.3, 0.4) is 0 Å². The van der Waals surface area contributed by atoms with E-state index in [2.05, 4.69) is 25.9 Å². The summed E-state index contributed by atoms with van der Waals surface area (Å²) in [6, 6.07) is 22.8. The monoisotopic (exact) mass is 508 g/mol. The number of carbonyl (C=O) groups is 2. The van der Waals surface area contributed by atoms with E-state index in [1.807, 2.05) is 30.3 Å². The van der Waals surface area contributed by atoms with Crippen LogP contribution in [0.15, 0.2) is 89.9 Å². The summed E-state index contributed by atoms with van der Waals surface area (Å²) in [6.45, 7) is 0.565. The summed E-state index contributed by atoms with van der Waals surface area (Å²) < 4.78 is 5.36. The van der Waals surface area contributed by atoms with E-state index >= 15 is 0 Å². The first-order chi connectivity index (χ1) is 18.5. The molecule has 0 bridgehead atoms. The van der Waals surface area contributed by atoms with Crippen LogP contribution in [-0.4, -0.2) is 35.1 Å². The third-order valence-corrected chi connectivity index (χ3v) is 5.77. The van der Waals surface area contributed by atoms with Gasteiger partial charge in [-0.1, -0.05) is 18.2 Å². The van der Waals surface area contributed by atoms with Gasteiger partial charge in [0.15, 0.2) is 0 Å². The standard InChI is InChI=1S/C28H24N6O4/c29-13-15-31-28(37)38-20-10-11-21-22(16-20)24-23(12-14-30-25(24)34-27(21)36)32-18-6-8-19(9-7-18)33-26(35)17-4-2-1-3-5-17/h1-12,14,16H,13,15,29H2,(H,31,37)(H,33,35)(H2,30,32,34,36). The zero-order valence-corrected chi connectivity index (χ0v) is 20.2. The maximum atomic E-state index is 12.7. The molecule has 2 heterocycles. The SMILES string of the molecule is NCCNC(=O)Oc1ccc2c(=O)[nH]c3nccc(Nc4ccc(NC(=O)c5ccccc5)cc4)c3c2c1. The van der Waals surface area contributed by atoms with Crippen LogP contribution >= 0.6 is 0 Å². The number of rotatable bonds is 7. The molecule has 38 heavy (non-hydrogen) atoms. The molecule has 10 nitrogen and oxygen atoms in total. The van der Waals surface area contributed by atoms with Crippen LogP contribution in [0.1, 0.15) is 10.4 Å². The van der Waals surface area contributed by atoms with E-state index in [1.54, 1.807) is 54.7 Å². The molecule has 10 heteroatoms. The Hall–Kier alpha value is -5.22. The fourth-order valence-corrected chi connectivity index (χ4v) is 4.00. The van der Waals surface area contributed by atoms with Gasteiger partial charge in [0.05, 0.1) is 5.69 Å². The van der Waals surface area contributed by atoms with Crippen LogP contribution in [0, 0.1) is 0 Å². The van der Waals surface area contributed by atoms with E-state index in [0.717, 1.165) is 5.69 Å². The molecule has 0 saturated heterocycles. The Balaban J connectivity index is 1.44. The summed E-state index contributed by atoms with van der Waals surface area (Å²) in [5, 5.41) is 10.4. The lowest BCUT2D eigenvalue weighted by molar-refractivity contribution is 0.102. The number of benzene rings is 3. The van der Waals surface area contributed by atoms with Gasteiger partial charge in [-0.25, -0.2) is 9.78 Å². The van der Waals surface area contributed by atoms with Gasteiger partial charge >= 0.3 is 6.09 Å². The first-order valence-corrected chi connectivity index (χ1v) is 11.9. The minimum atomic E-state index is -0.639. The first kappa shape index (κ1) is 24.5. The summed E-state index contributed by atoms with van der Waals surface area (Å²) in [7, 11) is 0. The van der Waals surface area contributed by atoms with Gasteiger partial charge in [0, 0.05) is 52.4 Å². The lowest BCUT2D eigenvalue weighted by atomic mass is 10.1. The van der Waals surface area contributed by atoms with Gasteiger partial charge in [0.1, 0.15) is 11.4 Å². The van der Waals surface area contributed by atoms with Crippen molar-refractivity contribution < 1.29 is 14.3 Å². The topological polar surface area (TPSA) is 151 Å². The first-order valence-electron chi connectivity index (χ1n) is 11.9. The lowest BCUT2D eigenvalue weighted by Crippen LogP contribution is -2.31. The maximum Gasteiger partial charge on any atom is 0.412 e. The number of nitrogens with one attached hydrogen (secondary N) is 4. The quantitative estimate of drug-likeness (QED) is 0.207. The Labute approximate surface area is 216 Å². The van der Waals surface area contributed by atoms with E-state index in [1.165, 1.54) is 0 Å².